The van der Waals surface area contributed by atoms with Crippen LogP contribution < -0.4 is 0 Å². The fourth-order valence-electron chi connectivity index (χ4n) is 7.59. The summed E-state index contributed by atoms with van der Waals surface area (Å²) in [6, 6.07) is 0. The second kappa shape index (κ2) is 55.6. The Balaban J connectivity index is 4.80. The Morgan fingerprint density at radius 2 is 0.703 bits per heavy atom. The summed E-state index contributed by atoms with van der Waals surface area (Å²) in [5.41, 5.74) is 0. The number of hydrogen-bond acceptors (Lipinski definition) is 10. The van der Waals surface area contributed by atoms with Crippen molar-refractivity contribution in [3.05, 3.63) is 97.2 Å². The van der Waals surface area contributed by atoms with Crippen molar-refractivity contribution in [2.45, 2.75) is 251 Å². The van der Waals surface area contributed by atoms with Gasteiger partial charge in [0.25, 0.3) is 0 Å². The van der Waals surface area contributed by atoms with Crippen LogP contribution in [-0.2, 0) is 42.2 Å². The molecule has 2 N–H and O–H groups in total. The number of aliphatic hydroxyl groups excluding tert-OH is 1. The van der Waals surface area contributed by atoms with Crippen LogP contribution in [0.3, 0.4) is 0 Å². The molecular formula is C62H105O11P. The zero-order valence-corrected chi connectivity index (χ0v) is 47.7. The van der Waals surface area contributed by atoms with E-state index >= 15 is 0 Å². The molecule has 0 amide bonds. The maximum Gasteiger partial charge on any atom is 0.472 e. The molecule has 0 saturated heterocycles. The Bertz CT molecular complexity index is 1610. The van der Waals surface area contributed by atoms with E-state index in [9.17, 15) is 28.9 Å². The molecule has 0 radical (unpaired) electrons. The van der Waals surface area contributed by atoms with Gasteiger partial charge >= 0.3 is 25.7 Å². The number of esters is 3. The lowest BCUT2D eigenvalue weighted by Crippen LogP contribution is -2.30. The minimum Gasteiger partial charge on any atom is -0.462 e. The van der Waals surface area contributed by atoms with Crippen LogP contribution in [0.25, 0.3) is 0 Å². The molecule has 74 heavy (non-hydrogen) atoms. The zero-order chi connectivity index (χ0) is 54.1. The number of phosphoric acid groups is 1. The third-order valence-electron chi connectivity index (χ3n) is 12.0. The molecule has 0 rings (SSSR count). The number of ether oxygens (including phenoxy) is 3. The zero-order valence-electron chi connectivity index (χ0n) is 46.8. The van der Waals surface area contributed by atoms with Crippen LogP contribution in [0, 0.1) is 0 Å². The van der Waals surface area contributed by atoms with Crippen molar-refractivity contribution in [3.63, 3.8) is 0 Å². The van der Waals surface area contributed by atoms with Gasteiger partial charge in [-0.3, -0.25) is 23.4 Å². The van der Waals surface area contributed by atoms with E-state index in [0.717, 1.165) is 122 Å². The summed E-state index contributed by atoms with van der Waals surface area (Å²) in [7, 11) is -4.77. The Morgan fingerprint density at radius 3 is 1.11 bits per heavy atom. The lowest BCUT2D eigenvalue weighted by atomic mass is 10.1. The summed E-state index contributed by atoms with van der Waals surface area (Å²) in [4.78, 5) is 48.5. The molecule has 0 aromatic heterocycles. The molecule has 0 aromatic carbocycles. The molecule has 0 aliphatic heterocycles. The van der Waals surface area contributed by atoms with Crippen molar-refractivity contribution < 1.29 is 52.2 Å². The fraction of sp³-hybridized carbons (Fsp3) is 0.694. The van der Waals surface area contributed by atoms with E-state index in [2.05, 4.69) is 118 Å². The van der Waals surface area contributed by atoms with Gasteiger partial charge in [-0.05, 0) is 116 Å². The SMILES string of the molecule is CC/C=C\C/C=C\C/C=C\C/C=C\CCCCCCC(=O)OCC(COP(=O)(O)OCC(CO)OC(=O)CCCCC/C=C\C/C=C\C/C=C\CC)OC(=O)CCCCCCCCC/C=C\CCCCCCCC. The first-order valence-corrected chi connectivity index (χ1v) is 30.6. The molecule has 0 fully saturated rings. The van der Waals surface area contributed by atoms with E-state index < -0.39 is 57.8 Å². The van der Waals surface area contributed by atoms with Gasteiger partial charge in [0.15, 0.2) is 6.10 Å². The second-order valence-electron chi connectivity index (χ2n) is 19.0. The Morgan fingerprint density at radius 1 is 0.392 bits per heavy atom. The average molecular weight is 1060 g/mol. The number of carbonyl (C=O) groups is 3. The van der Waals surface area contributed by atoms with Gasteiger partial charge < -0.3 is 24.2 Å². The summed E-state index contributed by atoms with van der Waals surface area (Å²) >= 11 is 0. The first-order chi connectivity index (χ1) is 36.2. The molecule has 0 aromatic rings. The molecule has 3 atom stereocenters. The van der Waals surface area contributed by atoms with Crippen molar-refractivity contribution >= 4 is 25.7 Å². The number of carbonyl (C=O) groups excluding carboxylic acids is 3. The van der Waals surface area contributed by atoms with Gasteiger partial charge in [-0.15, -0.1) is 0 Å². The summed E-state index contributed by atoms with van der Waals surface area (Å²) in [6.07, 6.45) is 65.1. The molecule has 0 saturated carbocycles. The van der Waals surface area contributed by atoms with Crippen molar-refractivity contribution in [1.29, 1.82) is 0 Å². The van der Waals surface area contributed by atoms with Gasteiger partial charge in [-0.25, -0.2) is 4.57 Å². The third-order valence-corrected chi connectivity index (χ3v) is 12.9. The fourth-order valence-corrected chi connectivity index (χ4v) is 8.37. The highest BCUT2D eigenvalue weighted by molar-refractivity contribution is 7.47. The van der Waals surface area contributed by atoms with Gasteiger partial charge in [-0.1, -0.05) is 201 Å². The normalized spacial score (nSPS) is 14.1. The lowest BCUT2D eigenvalue weighted by Gasteiger charge is -2.21. The predicted molar refractivity (Wildman–Crippen MR) is 307 cm³/mol. The van der Waals surface area contributed by atoms with Gasteiger partial charge in [0.05, 0.1) is 19.8 Å². The van der Waals surface area contributed by atoms with Crippen LogP contribution in [-0.4, -0.2) is 66.5 Å². The molecule has 3 unspecified atom stereocenters. The number of unbranched alkanes of at least 4 members (excludes halogenated alkanes) is 20. The van der Waals surface area contributed by atoms with Gasteiger partial charge in [0.2, 0.25) is 0 Å². The smallest absolute Gasteiger partial charge is 0.462 e. The maximum atomic E-state index is 12.9. The topological polar surface area (TPSA) is 155 Å². The highest BCUT2D eigenvalue weighted by Crippen LogP contribution is 2.43. The van der Waals surface area contributed by atoms with Crippen LogP contribution in [0.1, 0.15) is 239 Å². The summed E-state index contributed by atoms with van der Waals surface area (Å²) in [5.74, 6) is -1.53. The molecule has 0 aliphatic carbocycles. The molecule has 0 aliphatic rings. The first kappa shape index (κ1) is 70.4. The first-order valence-electron chi connectivity index (χ1n) is 29.1. The Kier molecular flexibility index (Phi) is 52.9. The quantitative estimate of drug-likeness (QED) is 0.0197. The van der Waals surface area contributed by atoms with E-state index in [1.807, 2.05) is 0 Å². The Hall–Kier alpha value is -3.60. The highest BCUT2D eigenvalue weighted by atomic mass is 31.2. The van der Waals surface area contributed by atoms with E-state index in [1.165, 1.54) is 57.8 Å². The van der Waals surface area contributed by atoms with Gasteiger partial charge in [0.1, 0.15) is 12.7 Å². The molecule has 0 bridgehead atoms. The van der Waals surface area contributed by atoms with Crippen LogP contribution in [0.2, 0.25) is 0 Å². The third kappa shape index (κ3) is 53.2. The monoisotopic (exact) mass is 1060 g/mol. The van der Waals surface area contributed by atoms with Crippen LogP contribution >= 0.6 is 7.82 Å². The molecule has 424 valence electrons. The van der Waals surface area contributed by atoms with Gasteiger partial charge in [-0.2, -0.15) is 0 Å². The predicted octanol–water partition coefficient (Wildman–Crippen LogP) is 17.3. The van der Waals surface area contributed by atoms with Crippen LogP contribution in [0.5, 0.6) is 0 Å². The van der Waals surface area contributed by atoms with E-state index in [0.29, 0.717) is 19.3 Å². The van der Waals surface area contributed by atoms with Crippen LogP contribution in [0.4, 0.5) is 0 Å². The minimum absolute atomic E-state index is 0.136. The standard InChI is InChI=1S/C62H105O11P/c1-4-7-10-13-16-19-22-25-27-29-31-34-36-39-42-45-48-51-60(64)69-55-59(73-62(66)53-50-47-44-41-38-35-32-30-28-26-23-20-17-14-11-8-5-2)57-71-74(67,68)70-56-58(54-63)72-61(65)52-49-46-43-40-37-33-24-21-18-15-12-9-6-3/h7,9-10,12,16,18-19,21,25-28,31,33-34,37,58-59,63H,4-6,8,11,13-15,17,20,22-24,29-30,32,35-36,38-57H2,1-3H3,(H,67,68)/b10-7-,12-9-,19-16-,21-18-,27-25-,28-26-,34-31-,37-33-. The number of rotatable bonds is 53. The van der Waals surface area contributed by atoms with Crippen LogP contribution in [0.15, 0.2) is 97.2 Å². The number of hydrogen-bond donors (Lipinski definition) is 2. The van der Waals surface area contributed by atoms with Crippen molar-refractivity contribution in [2.24, 2.45) is 0 Å². The minimum atomic E-state index is -4.77. The highest BCUT2D eigenvalue weighted by Gasteiger charge is 2.28. The maximum absolute atomic E-state index is 12.9. The largest absolute Gasteiger partial charge is 0.472 e. The summed E-state index contributed by atoms with van der Waals surface area (Å²) < 4.78 is 39.5. The van der Waals surface area contributed by atoms with Crippen molar-refractivity contribution in [2.75, 3.05) is 26.4 Å². The van der Waals surface area contributed by atoms with Gasteiger partial charge in [0, 0.05) is 19.3 Å². The molecule has 0 heterocycles. The average Bonchev–Trinajstić information content (AvgIpc) is 3.39. The molecule has 11 nitrogen and oxygen atoms in total. The summed E-state index contributed by atoms with van der Waals surface area (Å²) in [6.45, 7) is 4.35. The van der Waals surface area contributed by atoms with E-state index in [-0.39, 0.29) is 25.9 Å². The second-order valence-corrected chi connectivity index (χ2v) is 20.5. The Labute approximate surface area is 451 Å². The van der Waals surface area contributed by atoms with Crippen molar-refractivity contribution in [1.82, 2.24) is 0 Å². The van der Waals surface area contributed by atoms with E-state index in [4.69, 9.17) is 23.3 Å². The number of allylic oxidation sites excluding steroid dienone is 16. The number of aliphatic hydroxyl groups is 1. The molecular weight excluding hydrogens is 952 g/mol. The molecule has 0 spiro atoms. The lowest BCUT2D eigenvalue weighted by molar-refractivity contribution is -0.161. The summed E-state index contributed by atoms with van der Waals surface area (Å²) in [5, 5.41) is 9.80. The number of phosphoric ester groups is 1. The molecule has 12 heteroatoms. The van der Waals surface area contributed by atoms with Crippen molar-refractivity contribution in [3.8, 4) is 0 Å². The van der Waals surface area contributed by atoms with E-state index in [1.54, 1.807) is 0 Å².